The molecule has 4 rings (SSSR count). The fourth-order valence-electron chi connectivity index (χ4n) is 4.48. The topological polar surface area (TPSA) is 79.0 Å². The summed E-state index contributed by atoms with van der Waals surface area (Å²) >= 11 is 7.29. The van der Waals surface area contributed by atoms with Gasteiger partial charge in [0, 0.05) is 31.1 Å². The molecule has 0 spiro atoms. The Labute approximate surface area is 211 Å². The average molecular weight is 522 g/mol. The highest BCUT2D eigenvalue weighted by molar-refractivity contribution is 7.89. The van der Waals surface area contributed by atoms with E-state index < -0.39 is 10.0 Å². The van der Waals surface area contributed by atoms with Gasteiger partial charge < -0.3 is 15.0 Å². The molecular weight excluding hydrogens is 490 g/mol. The lowest BCUT2D eigenvalue weighted by Gasteiger charge is -2.35. The molecular formula is C24H31N3O4S3. The highest BCUT2D eigenvalue weighted by Crippen LogP contribution is 2.38. The summed E-state index contributed by atoms with van der Waals surface area (Å²) in [6, 6.07) is 8.50. The Morgan fingerprint density at radius 3 is 2.41 bits per heavy atom. The van der Waals surface area contributed by atoms with Crippen LogP contribution in [-0.4, -0.2) is 61.5 Å². The molecule has 1 aromatic carbocycles. The van der Waals surface area contributed by atoms with Crippen molar-refractivity contribution in [2.45, 2.75) is 50.3 Å². The van der Waals surface area contributed by atoms with Gasteiger partial charge >= 0.3 is 5.97 Å². The summed E-state index contributed by atoms with van der Waals surface area (Å²) in [6.07, 6.45) is 6.43. The van der Waals surface area contributed by atoms with Gasteiger partial charge in [-0.3, -0.25) is 0 Å². The first-order valence-electron chi connectivity index (χ1n) is 11.8. The molecule has 1 aliphatic heterocycles. The van der Waals surface area contributed by atoms with Crippen molar-refractivity contribution in [3.63, 3.8) is 0 Å². The molecule has 0 bridgehead atoms. The number of fused-ring (bicyclic) bond motifs is 1. The van der Waals surface area contributed by atoms with Crippen LogP contribution in [0.2, 0.25) is 0 Å². The molecule has 7 nitrogen and oxygen atoms in total. The number of carbonyl (C=O) groups is 1. The predicted molar refractivity (Wildman–Crippen MR) is 139 cm³/mol. The Bertz CT molecular complexity index is 1120. The number of sulfonamides is 1. The Morgan fingerprint density at radius 2 is 1.74 bits per heavy atom. The van der Waals surface area contributed by atoms with Crippen LogP contribution in [0.5, 0.6) is 0 Å². The number of esters is 1. The fraction of sp³-hybridized carbons (Fsp3) is 0.500. The fourth-order valence-corrected chi connectivity index (χ4v) is 7.54. The number of anilines is 1. The van der Waals surface area contributed by atoms with Crippen LogP contribution in [0.4, 0.5) is 5.00 Å². The number of thiophene rings is 1. The van der Waals surface area contributed by atoms with Crippen molar-refractivity contribution in [3.8, 4) is 0 Å². The maximum Gasteiger partial charge on any atom is 0.341 e. The third kappa shape index (κ3) is 5.45. The van der Waals surface area contributed by atoms with Crippen molar-refractivity contribution in [2.75, 3.05) is 38.1 Å². The van der Waals surface area contributed by atoms with Crippen LogP contribution in [0.1, 0.15) is 53.4 Å². The van der Waals surface area contributed by atoms with Crippen molar-refractivity contribution in [3.05, 3.63) is 46.3 Å². The van der Waals surface area contributed by atoms with E-state index in [1.165, 1.54) is 22.0 Å². The molecule has 1 N–H and O–H groups in total. The molecule has 0 amide bonds. The van der Waals surface area contributed by atoms with Crippen molar-refractivity contribution in [1.29, 1.82) is 0 Å². The minimum Gasteiger partial charge on any atom is -0.462 e. The number of aryl methyl sites for hydroxylation is 1. The number of piperazine rings is 1. The molecule has 2 aromatic rings. The van der Waals surface area contributed by atoms with Gasteiger partial charge in [-0.2, -0.15) is 4.31 Å². The number of ether oxygens (including phenoxy) is 1. The standard InChI is InChI=1S/C24H31N3O4S3/c1-2-31-23(28)21-19-12-8-3-4-9-13-20(19)33-22(21)25-24(32)26-14-16-27(17-15-26)34(29,30)18-10-6-5-7-11-18/h5-7,10-11H,2-4,8-9,12-17H2,1H3,(H,25,32). The van der Waals surface area contributed by atoms with Gasteiger partial charge in [-0.05, 0) is 62.5 Å². The van der Waals surface area contributed by atoms with Gasteiger partial charge in [0.25, 0.3) is 0 Å². The zero-order chi connectivity index (χ0) is 24.1. The lowest BCUT2D eigenvalue weighted by atomic mass is 9.96. The highest BCUT2D eigenvalue weighted by atomic mass is 32.2. The summed E-state index contributed by atoms with van der Waals surface area (Å²) in [5.41, 5.74) is 1.73. The van der Waals surface area contributed by atoms with E-state index in [0.717, 1.165) is 36.2 Å². The second-order valence-electron chi connectivity index (χ2n) is 8.48. The maximum atomic E-state index is 12.9. The zero-order valence-corrected chi connectivity index (χ0v) is 21.9. The number of thiocarbonyl (C=S) groups is 1. The van der Waals surface area contributed by atoms with E-state index in [1.807, 2.05) is 11.8 Å². The summed E-state index contributed by atoms with van der Waals surface area (Å²) in [6.45, 7) is 3.81. The molecule has 2 heterocycles. The van der Waals surface area contributed by atoms with Gasteiger partial charge in [0.05, 0.1) is 17.1 Å². The van der Waals surface area contributed by atoms with Gasteiger partial charge in [-0.15, -0.1) is 11.3 Å². The first kappa shape index (κ1) is 25.1. The SMILES string of the molecule is CCOC(=O)c1c(NC(=S)N2CCN(S(=O)(=O)c3ccccc3)CC2)sc2c1CCCCCC2. The molecule has 1 fully saturated rings. The van der Waals surface area contributed by atoms with E-state index in [4.69, 9.17) is 17.0 Å². The van der Waals surface area contributed by atoms with Crippen LogP contribution in [0.3, 0.4) is 0 Å². The third-order valence-electron chi connectivity index (χ3n) is 6.28. The zero-order valence-electron chi connectivity index (χ0n) is 19.4. The Morgan fingerprint density at radius 1 is 1.06 bits per heavy atom. The third-order valence-corrected chi connectivity index (χ3v) is 9.76. The Kier molecular flexibility index (Phi) is 8.23. The van der Waals surface area contributed by atoms with Crippen LogP contribution < -0.4 is 5.32 Å². The van der Waals surface area contributed by atoms with Crippen molar-refractivity contribution >= 4 is 49.7 Å². The van der Waals surface area contributed by atoms with E-state index in [1.54, 1.807) is 41.7 Å². The van der Waals surface area contributed by atoms with Gasteiger partial charge in [-0.25, -0.2) is 13.2 Å². The van der Waals surface area contributed by atoms with E-state index >= 15 is 0 Å². The first-order valence-corrected chi connectivity index (χ1v) is 14.5. The first-order chi connectivity index (χ1) is 16.4. The predicted octanol–water partition coefficient (Wildman–Crippen LogP) is 4.29. The minimum absolute atomic E-state index is 0.301. The van der Waals surface area contributed by atoms with Crippen LogP contribution in [-0.2, 0) is 27.6 Å². The summed E-state index contributed by atoms with van der Waals surface area (Å²) in [5, 5.41) is 4.57. The second kappa shape index (κ2) is 11.2. The smallest absolute Gasteiger partial charge is 0.341 e. The number of nitrogens with one attached hydrogen (secondary N) is 1. The number of nitrogens with zero attached hydrogens (tertiary/aromatic N) is 2. The van der Waals surface area contributed by atoms with E-state index in [9.17, 15) is 13.2 Å². The molecule has 34 heavy (non-hydrogen) atoms. The minimum atomic E-state index is -3.52. The van der Waals surface area contributed by atoms with Gasteiger partial charge in [-0.1, -0.05) is 31.0 Å². The molecule has 1 saturated heterocycles. The summed E-state index contributed by atoms with van der Waals surface area (Å²) in [4.78, 5) is 16.4. The van der Waals surface area contributed by atoms with Crippen LogP contribution in [0, 0.1) is 0 Å². The molecule has 1 aliphatic carbocycles. The van der Waals surface area contributed by atoms with Gasteiger partial charge in [0.1, 0.15) is 5.00 Å². The van der Waals surface area contributed by atoms with E-state index in [2.05, 4.69) is 5.32 Å². The number of benzene rings is 1. The normalized spacial score (nSPS) is 17.4. The molecule has 0 saturated carbocycles. The highest BCUT2D eigenvalue weighted by Gasteiger charge is 2.30. The van der Waals surface area contributed by atoms with Crippen molar-refractivity contribution < 1.29 is 17.9 Å². The van der Waals surface area contributed by atoms with Crippen LogP contribution >= 0.6 is 23.6 Å². The van der Waals surface area contributed by atoms with Crippen molar-refractivity contribution in [1.82, 2.24) is 9.21 Å². The maximum absolute atomic E-state index is 12.9. The second-order valence-corrected chi connectivity index (χ2v) is 11.9. The van der Waals surface area contributed by atoms with Gasteiger partial charge in [0.15, 0.2) is 5.11 Å². The molecule has 10 heteroatoms. The molecule has 1 aromatic heterocycles. The Hall–Kier alpha value is -2.01. The number of rotatable bonds is 5. The lowest BCUT2D eigenvalue weighted by molar-refractivity contribution is 0.0526. The summed E-state index contributed by atoms with van der Waals surface area (Å²) in [5.74, 6) is -0.301. The van der Waals surface area contributed by atoms with E-state index in [-0.39, 0.29) is 5.97 Å². The quantitative estimate of drug-likeness (QED) is 0.465. The number of hydrogen-bond donors (Lipinski definition) is 1. The largest absolute Gasteiger partial charge is 0.462 e. The Balaban J connectivity index is 1.47. The number of carbonyl (C=O) groups excluding carboxylic acids is 1. The average Bonchev–Trinajstić information content (AvgIpc) is 3.15. The molecule has 0 unspecified atom stereocenters. The number of hydrogen-bond acceptors (Lipinski definition) is 6. The van der Waals surface area contributed by atoms with Crippen LogP contribution in [0.25, 0.3) is 0 Å². The van der Waals surface area contributed by atoms with Crippen LogP contribution in [0.15, 0.2) is 35.2 Å². The van der Waals surface area contributed by atoms with E-state index in [0.29, 0.717) is 48.4 Å². The molecule has 0 atom stereocenters. The summed E-state index contributed by atoms with van der Waals surface area (Å²) in [7, 11) is -3.52. The van der Waals surface area contributed by atoms with Gasteiger partial charge in [0.2, 0.25) is 10.0 Å². The molecule has 184 valence electrons. The molecule has 0 radical (unpaired) electrons. The molecule has 2 aliphatic rings. The summed E-state index contributed by atoms with van der Waals surface area (Å²) < 4.78 is 32.7. The lowest BCUT2D eigenvalue weighted by Crippen LogP contribution is -2.51. The monoisotopic (exact) mass is 521 g/mol. The van der Waals surface area contributed by atoms with Crippen molar-refractivity contribution in [2.24, 2.45) is 0 Å².